The molecule has 22 heavy (non-hydrogen) atoms. The number of amides is 2. The van der Waals surface area contributed by atoms with Crippen molar-refractivity contribution in [2.24, 2.45) is 5.41 Å². The van der Waals surface area contributed by atoms with E-state index in [1.165, 1.54) is 0 Å². The Bertz CT molecular complexity index is 491. The Hall–Kier alpha value is -1.99. The predicted molar refractivity (Wildman–Crippen MR) is 80.6 cm³/mol. The molecule has 1 heterocycles. The van der Waals surface area contributed by atoms with Crippen LogP contribution in [0.2, 0.25) is 0 Å². The van der Waals surface area contributed by atoms with E-state index in [-0.39, 0.29) is 25.5 Å². The molecule has 7 heteroatoms. The quantitative estimate of drug-likeness (QED) is 0.521. The van der Waals surface area contributed by atoms with E-state index in [1.807, 2.05) is 6.07 Å². The molecule has 1 aromatic rings. The van der Waals surface area contributed by atoms with Crippen LogP contribution in [0.5, 0.6) is 0 Å². The number of nitrogens with one attached hydrogen (secondary N) is 2. The lowest BCUT2D eigenvalue weighted by molar-refractivity contribution is -0.137. The van der Waals surface area contributed by atoms with Crippen molar-refractivity contribution < 1.29 is 19.8 Å². The fourth-order valence-electron chi connectivity index (χ4n) is 1.63. The Morgan fingerprint density at radius 1 is 1.36 bits per heavy atom. The Labute approximate surface area is 129 Å². The summed E-state index contributed by atoms with van der Waals surface area (Å²) in [5, 5.41) is 24.1. The molecule has 0 aliphatic carbocycles. The fourth-order valence-corrected chi connectivity index (χ4v) is 1.63. The van der Waals surface area contributed by atoms with Gasteiger partial charge in [0.15, 0.2) is 0 Å². The molecule has 0 radical (unpaired) electrons. The van der Waals surface area contributed by atoms with Gasteiger partial charge in [0, 0.05) is 37.3 Å². The van der Waals surface area contributed by atoms with E-state index in [9.17, 15) is 14.7 Å². The van der Waals surface area contributed by atoms with Crippen molar-refractivity contribution in [2.45, 2.75) is 32.9 Å². The van der Waals surface area contributed by atoms with E-state index in [2.05, 4.69) is 15.6 Å². The topological polar surface area (TPSA) is 112 Å². The molecule has 0 saturated heterocycles. The first-order valence-corrected chi connectivity index (χ1v) is 7.09. The van der Waals surface area contributed by atoms with Gasteiger partial charge in [-0.15, -0.1) is 0 Å². The Kier molecular flexibility index (Phi) is 6.94. The number of carbonyl (C=O) groups is 2. The summed E-state index contributed by atoms with van der Waals surface area (Å²) in [6.45, 7) is 3.35. The number of hydrogen-bond acceptors (Lipinski definition) is 5. The van der Waals surface area contributed by atoms with Gasteiger partial charge >= 0.3 is 0 Å². The molecule has 0 aromatic carbocycles. The third-order valence-corrected chi connectivity index (χ3v) is 3.26. The average Bonchev–Trinajstić information content (AvgIpc) is 2.53. The summed E-state index contributed by atoms with van der Waals surface area (Å²) in [6.07, 6.45) is 2.10. The first-order chi connectivity index (χ1) is 10.4. The van der Waals surface area contributed by atoms with Crippen LogP contribution >= 0.6 is 0 Å². The van der Waals surface area contributed by atoms with Crippen molar-refractivity contribution in [3.8, 4) is 0 Å². The predicted octanol–water partition coefficient (Wildman–Crippen LogP) is -0.416. The van der Waals surface area contributed by atoms with E-state index in [1.54, 1.807) is 32.3 Å². The fraction of sp³-hybridized carbons (Fsp3) is 0.533. The van der Waals surface area contributed by atoms with Crippen molar-refractivity contribution >= 4 is 11.8 Å². The summed E-state index contributed by atoms with van der Waals surface area (Å²) in [4.78, 5) is 27.3. The highest BCUT2D eigenvalue weighted by molar-refractivity contribution is 5.82. The minimum Gasteiger partial charge on any atom is -0.396 e. The van der Waals surface area contributed by atoms with Crippen LogP contribution in [0.25, 0.3) is 0 Å². The minimum absolute atomic E-state index is 0.109. The van der Waals surface area contributed by atoms with E-state index in [4.69, 9.17) is 5.11 Å². The van der Waals surface area contributed by atoms with Crippen molar-refractivity contribution in [1.82, 2.24) is 15.6 Å². The Balaban J connectivity index is 2.26. The zero-order chi connectivity index (χ0) is 16.6. The van der Waals surface area contributed by atoms with Crippen LogP contribution in [0.3, 0.4) is 0 Å². The zero-order valence-electron chi connectivity index (χ0n) is 12.9. The van der Waals surface area contributed by atoms with Gasteiger partial charge in [-0.25, -0.2) is 0 Å². The van der Waals surface area contributed by atoms with E-state index >= 15 is 0 Å². The molecule has 0 bridgehead atoms. The number of rotatable bonds is 8. The van der Waals surface area contributed by atoms with Gasteiger partial charge in [0.05, 0.1) is 6.61 Å². The molecule has 122 valence electrons. The summed E-state index contributed by atoms with van der Waals surface area (Å²) >= 11 is 0. The van der Waals surface area contributed by atoms with Crippen LogP contribution in [0.4, 0.5) is 0 Å². The molecule has 0 unspecified atom stereocenters. The summed E-state index contributed by atoms with van der Waals surface area (Å²) in [5.41, 5.74) is -0.0351. The van der Waals surface area contributed by atoms with Crippen molar-refractivity contribution in [3.63, 3.8) is 0 Å². The summed E-state index contributed by atoms with van der Waals surface area (Å²) in [5.74, 6) is -0.806. The summed E-state index contributed by atoms with van der Waals surface area (Å²) in [6, 6.07) is 3.63. The van der Waals surface area contributed by atoms with Crippen LogP contribution in [0, 0.1) is 5.41 Å². The lowest BCUT2D eigenvalue weighted by atomic mass is 9.87. The Morgan fingerprint density at radius 2 is 2.09 bits per heavy atom. The molecule has 2 amide bonds. The maximum absolute atomic E-state index is 11.7. The van der Waals surface area contributed by atoms with Gasteiger partial charge in [-0.05, 0) is 11.6 Å². The van der Waals surface area contributed by atoms with E-state index in [0.29, 0.717) is 6.54 Å². The molecule has 0 spiro atoms. The highest BCUT2D eigenvalue weighted by Crippen LogP contribution is 2.19. The van der Waals surface area contributed by atoms with Crippen LogP contribution in [0.1, 0.15) is 25.8 Å². The van der Waals surface area contributed by atoms with Crippen molar-refractivity contribution in [3.05, 3.63) is 30.1 Å². The number of aliphatic hydroxyl groups is 2. The third-order valence-electron chi connectivity index (χ3n) is 3.26. The van der Waals surface area contributed by atoms with Gasteiger partial charge in [0.25, 0.3) is 0 Å². The van der Waals surface area contributed by atoms with Gasteiger partial charge in [-0.2, -0.15) is 0 Å². The number of nitrogens with zero attached hydrogens (tertiary/aromatic N) is 1. The van der Waals surface area contributed by atoms with Crippen LogP contribution in [-0.2, 0) is 16.1 Å². The highest BCUT2D eigenvalue weighted by atomic mass is 16.3. The number of pyridine rings is 1. The average molecular weight is 309 g/mol. The van der Waals surface area contributed by atoms with Gasteiger partial charge < -0.3 is 20.8 Å². The largest absolute Gasteiger partial charge is 0.396 e. The summed E-state index contributed by atoms with van der Waals surface area (Å²) < 4.78 is 0. The van der Waals surface area contributed by atoms with Crippen LogP contribution in [0.15, 0.2) is 24.5 Å². The lowest BCUT2D eigenvalue weighted by Crippen LogP contribution is -2.46. The maximum atomic E-state index is 11.7. The highest BCUT2D eigenvalue weighted by Gasteiger charge is 2.32. The number of hydrogen-bond donors (Lipinski definition) is 4. The molecule has 0 aliphatic heterocycles. The molecule has 4 N–H and O–H groups in total. The van der Waals surface area contributed by atoms with Crippen molar-refractivity contribution in [1.29, 1.82) is 0 Å². The molecular formula is C15H23N3O4. The first kappa shape index (κ1) is 18.1. The summed E-state index contributed by atoms with van der Waals surface area (Å²) in [7, 11) is 0. The second kappa shape index (κ2) is 8.45. The number of carbonyl (C=O) groups excluding carboxylic acids is 2. The van der Waals surface area contributed by atoms with E-state index < -0.39 is 17.4 Å². The molecular weight excluding hydrogens is 286 g/mol. The first-order valence-electron chi connectivity index (χ1n) is 7.09. The normalized spacial score (nSPS) is 12.5. The van der Waals surface area contributed by atoms with Crippen LogP contribution < -0.4 is 10.6 Å². The monoisotopic (exact) mass is 309 g/mol. The Morgan fingerprint density at radius 3 is 2.68 bits per heavy atom. The molecule has 0 saturated carbocycles. The van der Waals surface area contributed by atoms with E-state index in [0.717, 1.165) is 5.56 Å². The van der Waals surface area contributed by atoms with Gasteiger partial charge in [-0.3, -0.25) is 14.6 Å². The second-order valence-corrected chi connectivity index (χ2v) is 5.73. The molecule has 0 fully saturated rings. The molecule has 1 rings (SSSR count). The van der Waals surface area contributed by atoms with Crippen LogP contribution in [-0.4, -0.2) is 46.3 Å². The number of aliphatic hydroxyl groups excluding tert-OH is 2. The zero-order valence-corrected chi connectivity index (χ0v) is 12.9. The third kappa shape index (κ3) is 5.79. The number of aromatic nitrogens is 1. The molecule has 0 aliphatic rings. The molecule has 1 atom stereocenters. The van der Waals surface area contributed by atoms with Gasteiger partial charge in [0.1, 0.15) is 6.10 Å². The maximum Gasteiger partial charge on any atom is 0.249 e. The van der Waals surface area contributed by atoms with Gasteiger partial charge in [0.2, 0.25) is 11.8 Å². The second-order valence-electron chi connectivity index (χ2n) is 5.73. The molecule has 1 aromatic heterocycles. The van der Waals surface area contributed by atoms with Crippen molar-refractivity contribution in [2.75, 3.05) is 13.2 Å². The SMILES string of the molecule is CC(C)(CO)[C@@H](O)C(=O)NCCC(=O)NCc1cccnc1. The van der Waals surface area contributed by atoms with Gasteiger partial charge in [-0.1, -0.05) is 19.9 Å². The molecule has 7 nitrogen and oxygen atoms in total. The smallest absolute Gasteiger partial charge is 0.249 e. The minimum atomic E-state index is -1.32. The standard InChI is InChI=1S/C15H23N3O4/c1-15(2,10-19)13(21)14(22)17-7-5-12(20)18-9-11-4-3-6-16-8-11/h3-4,6,8,13,19,21H,5,7,9-10H2,1-2H3,(H,17,22)(H,18,20)/t13-/m0/s1. The lowest BCUT2D eigenvalue weighted by Gasteiger charge is -2.27.